The average Bonchev–Trinajstić information content (AvgIpc) is 2.49. The van der Waals surface area contributed by atoms with E-state index in [0.29, 0.717) is 12.6 Å². The molecule has 118 valence electrons. The third-order valence-electron chi connectivity index (χ3n) is 4.75. The van der Waals surface area contributed by atoms with E-state index in [4.69, 9.17) is 17.3 Å². The number of benzene rings is 1. The van der Waals surface area contributed by atoms with Gasteiger partial charge < -0.3 is 5.73 Å². The van der Waals surface area contributed by atoms with Gasteiger partial charge in [0.2, 0.25) is 0 Å². The summed E-state index contributed by atoms with van der Waals surface area (Å²) >= 11 is 5.97. The Morgan fingerprint density at radius 1 is 1.14 bits per heavy atom. The zero-order chi connectivity index (χ0) is 15.5. The van der Waals surface area contributed by atoms with Crippen LogP contribution in [0.15, 0.2) is 24.3 Å². The van der Waals surface area contributed by atoms with Gasteiger partial charge in [0.1, 0.15) is 0 Å². The molecule has 0 radical (unpaired) electrons. The summed E-state index contributed by atoms with van der Waals surface area (Å²) < 4.78 is 0. The van der Waals surface area contributed by atoms with Gasteiger partial charge >= 0.3 is 0 Å². The lowest BCUT2D eigenvalue weighted by Gasteiger charge is -2.46. The second kappa shape index (κ2) is 7.10. The Labute approximate surface area is 134 Å². The highest BCUT2D eigenvalue weighted by atomic mass is 35.5. The minimum Gasteiger partial charge on any atom is -0.329 e. The summed E-state index contributed by atoms with van der Waals surface area (Å²) in [6.45, 7) is 12.0. The Kier molecular flexibility index (Phi) is 5.67. The predicted molar refractivity (Wildman–Crippen MR) is 90.9 cm³/mol. The zero-order valence-corrected chi connectivity index (χ0v) is 14.2. The first-order valence-electron chi connectivity index (χ1n) is 7.88. The summed E-state index contributed by atoms with van der Waals surface area (Å²) in [7, 11) is 0. The number of nitrogens with zero attached hydrogens (tertiary/aromatic N) is 2. The van der Waals surface area contributed by atoms with Gasteiger partial charge in [-0.1, -0.05) is 23.7 Å². The van der Waals surface area contributed by atoms with E-state index in [1.807, 2.05) is 12.1 Å². The van der Waals surface area contributed by atoms with Crippen LogP contribution in [0.25, 0.3) is 0 Å². The van der Waals surface area contributed by atoms with Crippen molar-refractivity contribution in [2.45, 2.75) is 38.8 Å². The molecular formula is C17H28ClN3. The number of rotatable bonds is 5. The zero-order valence-electron chi connectivity index (χ0n) is 13.5. The molecule has 0 aromatic heterocycles. The number of piperazine rings is 1. The van der Waals surface area contributed by atoms with Crippen molar-refractivity contribution in [3.8, 4) is 0 Å². The summed E-state index contributed by atoms with van der Waals surface area (Å²) in [5, 5.41) is 0.791. The van der Waals surface area contributed by atoms with Crippen molar-refractivity contribution < 1.29 is 0 Å². The summed E-state index contributed by atoms with van der Waals surface area (Å²) in [5.74, 6) is 0. The van der Waals surface area contributed by atoms with E-state index in [1.165, 1.54) is 5.56 Å². The van der Waals surface area contributed by atoms with Crippen LogP contribution in [0.5, 0.6) is 0 Å². The summed E-state index contributed by atoms with van der Waals surface area (Å²) in [6.07, 6.45) is 0.975. The molecule has 1 fully saturated rings. The van der Waals surface area contributed by atoms with Crippen LogP contribution in [0.4, 0.5) is 0 Å². The molecule has 0 spiro atoms. The van der Waals surface area contributed by atoms with E-state index in [9.17, 15) is 0 Å². The van der Waals surface area contributed by atoms with Crippen molar-refractivity contribution in [2.75, 3.05) is 32.7 Å². The first kappa shape index (κ1) is 16.8. The Balaban J connectivity index is 2.02. The molecule has 0 amide bonds. The van der Waals surface area contributed by atoms with Crippen LogP contribution in [0.2, 0.25) is 5.02 Å². The van der Waals surface area contributed by atoms with E-state index in [-0.39, 0.29) is 5.54 Å². The molecule has 0 bridgehead atoms. The first-order chi connectivity index (χ1) is 9.94. The van der Waals surface area contributed by atoms with E-state index in [1.54, 1.807) is 0 Å². The van der Waals surface area contributed by atoms with Crippen LogP contribution in [0.1, 0.15) is 26.3 Å². The molecule has 1 unspecified atom stereocenters. The van der Waals surface area contributed by atoms with Gasteiger partial charge in [-0.3, -0.25) is 9.80 Å². The highest BCUT2D eigenvalue weighted by Crippen LogP contribution is 2.23. The molecule has 0 saturated carbocycles. The normalized spacial score (nSPS) is 20.7. The maximum atomic E-state index is 6.13. The second-order valence-electron chi connectivity index (χ2n) is 6.62. The largest absolute Gasteiger partial charge is 0.329 e. The fraction of sp³-hybridized carbons (Fsp3) is 0.647. The molecule has 4 heteroatoms. The highest BCUT2D eigenvalue weighted by Gasteiger charge is 2.33. The molecule has 1 saturated heterocycles. The van der Waals surface area contributed by atoms with Crippen LogP contribution >= 0.6 is 11.6 Å². The van der Waals surface area contributed by atoms with Crippen molar-refractivity contribution >= 4 is 11.6 Å². The topological polar surface area (TPSA) is 32.5 Å². The van der Waals surface area contributed by atoms with Gasteiger partial charge in [-0.25, -0.2) is 0 Å². The molecule has 21 heavy (non-hydrogen) atoms. The Hall–Kier alpha value is -0.610. The lowest BCUT2D eigenvalue weighted by atomic mass is 9.90. The molecule has 1 aliphatic heterocycles. The van der Waals surface area contributed by atoms with E-state index in [0.717, 1.165) is 37.6 Å². The van der Waals surface area contributed by atoms with Gasteiger partial charge in [0.15, 0.2) is 0 Å². The Morgan fingerprint density at radius 3 is 2.19 bits per heavy atom. The first-order valence-corrected chi connectivity index (χ1v) is 8.26. The standard InChI is InChI=1S/C17H28ClN3/c1-14(2)20-8-10-21(11-9-20)17(3,13-19)12-15-4-6-16(18)7-5-15/h4-7,14H,8-13,19H2,1-3H3. The van der Waals surface area contributed by atoms with E-state index < -0.39 is 0 Å². The Morgan fingerprint density at radius 2 is 1.71 bits per heavy atom. The van der Waals surface area contributed by atoms with Crippen molar-refractivity contribution in [3.63, 3.8) is 0 Å². The van der Waals surface area contributed by atoms with Crippen molar-refractivity contribution in [1.29, 1.82) is 0 Å². The van der Waals surface area contributed by atoms with Crippen LogP contribution in [0.3, 0.4) is 0 Å². The molecule has 3 nitrogen and oxygen atoms in total. The SMILES string of the molecule is CC(C)N1CCN(C(C)(CN)Cc2ccc(Cl)cc2)CC1. The van der Waals surface area contributed by atoms with Gasteiger partial charge in [-0.15, -0.1) is 0 Å². The lowest BCUT2D eigenvalue weighted by molar-refractivity contribution is 0.0352. The fourth-order valence-electron chi connectivity index (χ4n) is 3.13. The molecular weight excluding hydrogens is 282 g/mol. The number of nitrogens with two attached hydrogens (primary N) is 1. The minimum atomic E-state index is 0.0247. The van der Waals surface area contributed by atoms with Gasteiger partial charge in [-0.05, 0) is 44.9 Å². The van der Waals surface area contributed by atoms with E-state index in [2.05, 4.69) is 42.7 Å². The van der Waals surface area contributed by atoms with E-state index >= 15 is 0 Å². The number of halogens is 1. The molecule has 1 aromatic rings. The summed E-state index contributed by atoms with van der Waals surface area (Å²) in [5.41, 5.74) is 7.46. The monoisotopic (exact) mass is 309 g/mol. The van der Waals surface area contributed by atoms with Crippen LogP contribution in [-0.2, 0) is 6.42 Å². The van der Waals surface area contributed by atoms with Crippen molar-refractivity contribution in [2.24, 2.45) is 5.73 Å². The molecule has 2 rings (SSSR count). The van der Waals surface area contributed by atoms with Crippen LogP contribution in [-0.4, -0.2) is 54.1 Å². The molecule has 1 atom stereocenters. The second-order valence-corrected chi connectivity index (χ2v) is 7.06. The third kappa shape index (κ3) is 4.19. The fourth-order valence-corrected chi connectivity index (χ4v) is 3.26. The summed E-state index contributed by atoms with van der Waals surface area (Å²) in [6, 6.07) is 8.78. The van der Waals surface area contributed by atoms with Crippen LogP contribution in [0, 0.1) is 0 Å². The average molecular weight is 310 g/mol. The van der Waals surface area contributed by atoms with Gasteiger partial charge in [0.05, 0.1) is 0 Å². The quantitative estimate of drug-likeness (QED) is 0.907. The molecule has 0 aliphatic carbocycles. The third-order valence-corrected chi connectivity index (χ3v) is 5.00. The van der Waals surface area contributed by atoms with Crippen molar-refractivity contribution in [3.05, 3.63) is 34.9 Å². The molecule has 1 aromatic carbocycles. The number of hydrogen-bond acceptors (Lipinski definition) is 3. The Bertz CT molecular complexity index is 438. The van der Waals surface area contributed by atoms with Gasteiger partial charge in [0.25, 0.3) is 0 Å². The maximum absolute atomic E-state index is 6.13. The highest BCUT2D eigenvalue weighted by molar-refractivity contribution is 6.30. The minimum absolute atomic E-state index is 0.0247. The number of hydrogen-bond donors (Lipinski definition) is 1. The summed E-state index contributed by atoms with van der Waals surface area (Å²) in [4.78, 5) is 5.09. The van der Waals surface area contributed by atoms with Gasteiger partial charge in [0, 0.05) is 49.3 Å². The van der Waals surface area contributed by atoms with Crippen molar-refractivity contribution in [1.82, 2.24) is 9.80 Å². The van der Waals surface area contributed by atoms with Crippen LogP contribution < -0.4 is 5.73 Å². The maximum Gasteiger partial charge on any atom is 0.0406 e. The lowest BCUT2D eigenvalue weighted by Crippen LogP contribution is -2.60. The molecule has 1 aliphatic rings. The smallest absolute Gasteiger partial charge is 0.0406 e. The molecule has 2 N–H and O–H groups in total. The predicted octanol–water partition coefficient (Wildman–Crippen LogP) is 2.63. The van der Waals surface area contributed by atoms with Gasteiger partial charge in [-0.2, -0.15) is 0 Å². The molecule has 1 heterocycles.